The van der Waals surface area contributed by atoms with E-state index in [0.29, 0.717) is 28.4 Å². The molecule has 142 valence electrons. The number of amides is 1. The molecule has 1 amide bonds. The summed E-state index contributed by atoms with van der Waals surface area (Å²) in [7, 11) is 1.33. The predicted molar refractivity (Wildman–Crippen MR) is 99.4 cm³/mol. The van der Waals surface area contributed by atoms with Crippen molar-refractivity contribution >= 4 is 29.3 Å². The van der Waals surface area contributed by atoms with E-state index in [0.717, 1.165) is 12.3 Å². The summed E-state index contributed by atoms with van der Waals surface area (Å²) in [5.74, 6) is 1.14. The molecule has 1 aromatic carbocycles. The van der Waals surface area contributed by atoms with Crippen LogP contribution in [0.3, 0.4) is 0 Å². The lowest BCUT2D eigenvalue weighted by Gasteiger charge is -2.22. The van der Waals surface area contributed by atoms with Crippen molar-refractivity contribution in [2.75, 3.05) is 18.2 Å². The molecular formula is C18H21N5O3S. The number of tetrazole rings is 1. The molecule has 0 spiro atoms. The highest BCUT2D eigenvalue weighted by Crippen LogP contribution is 2.50. The Labute approximate surface area is 161 Å². The van der Waals surface area contributed by atoms with E-state index in [9.17, 15) is 9.59 Å². The van der Waals surface area contributed by atoms with Crippen LogP contribution in [0.2, 0.25) is 0 Å². The van der Waals surface area contributed by atoms with E-state index in [-0.39, 0.29) is 11.7 Å². The number of hydrogen-bond acceptors (Lipinski definition) is 7. The normalized spacial score (nSPS) is 23.4. The predicted octanol–water partition coefficient (Wildman–Crippen LogP) is 2.55. The number of esters is 1. The Morgan fingerprint density at radius 3 is 2.74 bits per heavy atom. The first kappa shape index (κ1) is 18.0. The van der Waals surface area contributed by atoms with Gasteiger partial charge in [-0.25, -0.2) is 9.48 Å². The molecule has 0 aliphatic heterocycles. The number of nitrogens with one attached hydrogen (secondary N) is 1. The van der Waals surface area contributed by atoms with Gasteiger partial charge in [0.15, 0.2) is 0 Å². The van der Waals surface area contributed by atoms with Crippen LogP contribution in [0, 0.1) is 11.8 Å². The van der Waals surface area contributed by atoms with Gasteiger partial charge in [0.1, 0.15) is 0 Å². The van der Waals surface area contributed by atoms with Gasteiger partial charge >= 0.3 is 5.97 Å². The zero-order valence-electron chi connectivity index (χ0n) is 15.0. The average molecular weight is 387 g/mol. The van der Waals surface area contributed by atoms with Crippen molar-refractivity contribution in [3.05, 3.63) is 29.8 Å². The number of carbonyl (C=O) groups is 2. The molecule has 9 heteroatoms. The van der Waals surface area contributed by atoms with Gasteiger partial charge in [0.05, 0.1) is 24.5 Å². The second-order valence-corrected chi connectivity index (χ2v) is 8.00. The SMILES string of the molecule is COC(=O)c1ccc(NC(=O)CSc2nnnn2[C@H]2C[C@H]3CC[C@H]2C3)cc1. The lowest BCUT2D eigenvalue weighted by atomic mass is 9.96. The fraction of sp³-hybridized carbons (Fsp3) is 0.500. The summed E-state index contributed by atoms with van der Waals surface area (Å²) in [6.07, 6.45) is 4.99. The number of carbonyl (C=O) groups excluding carboxylic acids is 2. The Bertz CT molecular complexity index is 838. The molecule has 2 bridgehead atoms. The maximum atomic E-state index is 12.2. The summed E-state index contributed by atoms with van der Waals surface area (Å²) in [6, 6.07) is 6.95. The van der Waals surface area contributed by atoms with E-state index in [2.05, 4.69) is 25.6 Å². The second-order valence-electron chi connectivity index (χ2n) is 7.05. The van der Waals surface area contributed by atoms with Gasteiger partial charge in [-0.2, -0.15) is 0 Å². The Hall–Kier alpha value is -2.42. The van der Waals surface area contributed by atoms with E-state index in [1.165, 1.54) is 38.1 Å². The van der Waals surface area contributed by atoms with Gasteiger partial charge in [0.2, 0.25) is 11.1 Å². The van der Waals surface area contributed by atoms with Crippen LogP contribution < -0.4 is 5.32 Å². The molecule has 3 atom stereocenters. The van der Waals surface area contributed by atoms with Crippen molar-refractivity contribution in [1.29, 1.82) is 0 Å². The van der Waals surface area contributed by atoms with Crippen molar-refractivity contribution in [2.24, 2.45) is 11.8 Å². The summed E-state index contributed by atoms with van der Waals surface area (Å²) in [5.41, 5.74) is 1.07. The van der Waals surface area contributed by atoms with Gasteiger partial charge in [-0.3, -0.25) is 4.79 Å². The van der Waals surface area contributed by atoms with Crippen molar-refractivity contribution in [1.82, 2.24) is 20.2 Å². The summed E-state index contributed by atoms with van der Waals surface area (Å²) < 4.78 is 6.57. The number of hydrogen-bond donors (Lipinski definition) is 1. The minimum Gasteiger partial charge on any atom is -0.465 e. The summed E-state index contributed by atoms with van der Waals surface area (Å²) >= 11 is 1.35. The number of thioether (sulfide) groups is 1. The third kappa shape index (κ3) is 3.83. The maximum Gasteiger partial charge on any atom is 0.337 e. The first-order valence-corrected chi connectivity index (χ1v) is 10.0. The molecule has 0 unspecified atom stereocenters. The number of nitrogens with zero attached hydrogens (tertiary/aromatic N) is 4. The van der Waals surface area contributed by atoms with Crippen LogP contribution in [0.25, 0.3) is 0 Å². The van der Waals surface area contributed by atoms with Crippen LogP contribution in [0.1, 0.15) is 42.1 Å². The molecule has 1 aromatic heterocycles. The van der Waals surface area contributed by atoms with E-state index in [1.54, 1.807) is 24.3 Å². The van der Waals surface area contributed by atoms with Gasteiger partial charge < -0.3 is 10.1 Å². The number of aromatic nitrogens is 4. The number of fused-ring (bicyclic) bond motifs is 2. The second kappa shape index (κ2) is 7.67. The van der Waals surface area contributed by atoms with Crippen LogP contribution in [-0.2, 0) is 9.53 Å². The molecule has 4 rings (SSSR count). The summed E-state index contributed by atoms with van der Waals surface area (Å²) in [5, 5.41) is 15.6. The fourth-order valence-electron chi connectivity index (χ4n) is 4.13. The Morgan fingerprint density at radius 2 is 2.07 bits per heavy atom. The Morgan fingerprint density at radius 1 is 1.26 bits per heavy atom. The van der Waals surface area contributed by atoms with Gasteiger partial charge in [-0.05, 0) is 65.8 Å². The molecule has 8 nitrogen and oxygen atoms in total. The average Bonchev–Trinajstić information content (AvgIpc) is 3.42. The monoisotopic (exact) mass is 387 g/mol. The lowest BCUT2D eigenvalue weighted by Crippen LogP contribution is -2.19. The molecule has 2 aliphatic carbocycles. The smallest absolute Gasteiger partial charge is 0.337 e. The van der Waals surface area contributed by atoms with Gasteiger partial charge in [0, 0.05) is 5.69 Å². The number of methoxy groups -OCH3 is 1. The molecule has 0 radical (unpaired) electrons. The first-order valence-electron chi connectivity index (χ1n) is 9.03. The van der Waals surface area contributed by atoms with E-state index in [1.807, 2.05) is 4.68 Å². The molecule has 0 saturated heterocycles. The largest absolute Gasteiger partial charge is 0.465 e. The van der Waals surface area contributed by atoms with E-state index >= 15 is 0 Å². The Balaban J connectivity index is 1.32. The highest BCUT2D eigenvalue weighted by Gasteiger charge is 2.42. The third-order valence-corrected chi connectivity index (χ3v) is 6.33. The van der Waals surface area contributed by atoms with Gasteiger partial charge in [-0.1, -0.05) is 18.2 Å². The van der Waals surface area contributed by atoms with Gasteiger partial charge in [0.25, 0.3) is 0 Å². The zero-order chi connectivity index (χ0) is 18.8. The van der Waals surface area contributed by atoms with Crippen molar-refractivity contribution in [2.45, 2.75) is 36.9 Å². The van der Waals surface area contributed by atoms with Crippen molar-refractivity contribution in [3.8, 4) is 0 Å². The maximum absolute atomic E-state index is 12.2. The van der Waals surface area contributed by atoms with Crippen LogP contribution in [-0.4, -0.2) is 44.9 Å². The van der Waals surface area contributed by atoms with Crippen molar-refractivity contribution in [3.63, 3.8) is 0 Å². The standard InChI is InChI=1S/C18H21N5O3S/c1-26-17(25)12-4-6-14(7-5-12)19-16(24)10-27-18-20-21-22-23(18)15-9-11-2-3-13(15)8-11/h4-7,11,13,15H,2-3,8-10H2,1H3,(H,19,24)/t11-,13-,15-/m0/s1. The minimum absolute atomic E-state index is 0.145. The number of ether oxygens (including phenoxy) is 1. The van der Waals surface area contributed by atoms with E-state index < -0.39 is 5.97 Å². The zero-order valence-corrected chi connectivity index (χ0v) is 15.8. The van der Waals surface area contributed by atoms with Crippen LogP contribution >= 0.6 is 11.8 Å². The molecule has 2 aliphatic rings. The fourth-order valence-corrected chi connectivity index (χ4v) is 4.86. The molecule has 2 fully saturated rings. The number of rotatable bonds is 6. The lowest BCUT2D eigenvalue weighted by molar-refractivity contribution is -0.113. The summed E-state index contributed by atoms with van der Waals surface area (Å²) in [6.45, 7) is 0. The summed E-state index contributed by atoms with van der Waals surface area (Å²) in [4.78, 5) is 23.7. The topological polar surface area (TPSA) is 99.0 Å². The minimum atomic E-state index is -0.407. The molecule has 27 heavy (non-hydrogen) atoms. The molecule has 1 heterocycles. The number of anilines is 1. The van der Waals surface area contributed by atoms with Crippen LogP contribution in [0.4, 0.5) is 5.69 Å². The van der Waals surface area contributed by atoms with E-state index in [4.69, 9.17) is 0 Å². The van der Waals surface area contributed by atoms with Gasteiger partial charge in [-0.15, -0.1) is 5.10 Å². The molecule has 2 aromatic rings. The molecular weight excluding hydrogens is 366 g/mol. The first-order chi connectivity index (χ1) is 13.1. The van der Waals surface area contributed by atoms with Crippen molar-refractivity contribution < 1.29 is 14.3 Å². The van der Waals surface area contributed by atoms with Crippen LogP contribution in [0.15, 0.2) is 29.4 Å². The highest BCUT2D eigenvalue weighted by atomic mass is 32.2. The molecule has 1 N–H and O–H groups in total. The Kier molecular flexibility index (Phi) is 5.11. The molecule has 2 saturated carbocycles. The third-order valence-electron chi connectivity index (χ3n) is 5.40. The highest BCUT2D eigenvalue weighted by molar-refractivity contribution is 7.99. The van der Waals surface area contributed by atoms with Crippen LogP contribution in [0.5, 0.6) is 0 Å². The number of benzene rings is 1. The quantitative estimate of drug-likeness (QED) is 0.601.